The van der Waals surface area contributed by atoms with E-state index in [0.29, 0.717) is 38.9 Å². The lowest BCUT2D eigenvalue weighted by atomic mass is 9.92. The SMILES string of the molecule is CCCCCCC(C)CC(NC(=O)C(C)(C)NC(=O)C(C)NC(=O)C(CC(C)CC(O)CC(=O)CC)NC(=O)C1CCCN1C(=O)CCC)C(=O)NC(CC(C)C)C(=O)NC(C)(C)C(=O)NC(CC(C)C)C(=O)NCCC(=O)NC(C)CNCCO. The van der Waals surface area contributed by atoms with Crippen molar-refractivity contribution in [3.05, 3.63) is 0 Å². The van der Waals surface area contributed by atoms with Crippen molar-refractivity contribution in [2.24, 2.45) is 23.7 Å². The van der Waals surface area contributed by atoms with E-state index in [-0.39, 0.29) is 118 Å². The van der Waals surface area contributed by atoms with Crippen LogP contribution in [0.2, 0.25) is 0 Å². The number of likely N-dealkylation sites (tertiary alicyclic amines) is 1. The van der Waals surface area contributed by atoms with E-state index in [1.54, 1.807) is 20.8 Å². The second-order valence-electron chi connectivity index (χ2n) is 25.8. The Morgan fingerprint density at radius 3 is 1.67 bits per heavy atom. The molecular weight excluding hydrogens is 1110 g/mol. The third-order valence-electron chi connectivity index (χ3n) is 15.2. The number of nitrogens with one attached hydrogen (secondary N) is 10. The van der Waals surface area contributed by atoms with E-state index < -0.39 is 101 Å². The minimum Gasteiger partial charge on any atom is -0.395 e. The number of carbonyl (C=O) groups is 11. The maximum Gasteiger partial charge on any atom is 0.245 e. The van der Waals surface area contributed by atoms with Crippen molar-refractivity contribution in [3.63, 3.8) is 0 Å². The molecule has 0 spiro atoms. The van der Waals surface area contributed by atoms with Gasteiger partial charge in [-0.15, -0.1) is 0 Å². The van der Waals surface area contributed by atoms with Crippen LogP contribution >= 0.6 is 0 Å². The Bertz CT molecular complexity index is 2190. The largest absolute Gasteiger partial charge is 0.395 e. The summed E-state index contributed by atoms with van der Waals surface area (Å²) in [5.41, 5.74) is -3.29. The molecule has 0 aromatic rings. The zero-order valence-electron chi connectivity index (χ0n) is 54.8. The maximum atomic E-state index is 14.5. The second kappa shape index (κ2) is 39.9. The normalized spacial score (nSPS) is 16.7. The van der Waals surface area contributed by atoms with Gasteiger partial charge < -0.3 is 68.3 Å². The number of nitrogens with zero attached hydrogens (tertiary/aromatic N) is 1. The van der Waals surface area contributed by atoms with Crippen LogP contribution < -0.4 is 53.2 Å². The number of hydrogen-bond donors (Lipinski definition) is 12. The first-order chi connectivity index (χ1) is 40.2. The van der Waals surface area contributed by atoms with Gasteiger partial charge in [0, 0.05) is 57.9 Å². The average Bonchev–Trinajstić information content (AvgIpc) is 4.02. The molecule has 10 atom stereocenters. The van der Waals surface area contributed by atoms with Crippen LogP contribution in [0.15, 0.2) is 0 Å². The summed E-state index contributed by atoms with van der Waals surface area (Å²) in [7, 11) is 0. The molecule has 0 radical (unpaired) electrons. The van der Waals surface area contributed by atoms with Gasteiger partial charge in [-0.3, -0.25) is 52.7 Å². The Morgan fingerprint density at radius 1 is 0.570 bits per heavy atom. The van der Waals surface area contributed by atoms with E-state index in [9.17, 15) is 57.8 Å². The molecule has 1 saturated heterocycles. The van der Waals surface area contributed by atoms with E-state index in [1.807, 2.05) is 41.5 Å². The highest BCUT2D eigenvalue weighted by atomic mass is 16.3. The summed E-state index contributed by atoms with van der Waals surface area (Å²) >= 11 is 0. The first-order valence-electron chi connectivity index (χ1n) is 31.8. The van der Waals surface area contributed by atoms with Crippen molar-refractivity contribution in [3.8, 4) is 0 Å². The lowest BCUT2D eigenvalue weighted by Crippen LogP contribution is -2.64. The lowest BCUT2D eigenvalue weighted by molar-refractivity contribution is -0.140. The molecule has 494 valence electrons. The van der Waals surface area contributed by atoms with Crippen molar-refractivity contribution in [2.75, 3.05) is 32.8 Å². The molecule has 86 heavy (non-hydrogen) atoms. The van der Waals surface area contributed by atoms with Gasteiger partial charge in [0.15, 0.2) is 0 Å². The highest BCUT2D eigenvalue weighted by Gasteiger charge is 2.40. The third kappa shape index (κ3) is 30.2. The van der Waals surface area contributed by atoms with Gasteiger partial charge in [0.25, 0.3) is 0 Å². The van der Waals surface area contributed by atoms with Crippen molar-refractivity contribution >= 4 is 64.9 Å². The van der Waals surface area contributed by atoms with Crippen LogP contribution in [-0.2, 0) is 52.7 Å². The molecule has 1 aliphatic heterocycles. The van der Waals surface area contributed by atoms with E-state index in [4.69, 9.17) is 5.11 Å². The molecule has 0 saturated carbocycles. The first kappa shape index (κ1) is 78.3. The molecular formula is C62H113N11O13. The molecule has 0 aromatic heterocycles. The number of aliphatic hydroxyl groups excluding tert-OH is 2. The molecule has 12 N–H and O–H groups in total. The fourth-order valence-corrected chi connectivity index (χ4v) is 10.2. The number of unbranched alkanes of at least 4 members (excludes halogenated alkanes) is 3. The third-order valence-corrected chi connectivity index (χ3v) is 15.2. The number of aliphatic hydroxyl groups is 2. The van der Waals surface area contributed by atoms with Crippen molar-refractivity contribution < 1.29 is 63.0 Å². The zero-order valence-corrected chi connectivity index (χ0v) is 54.8. The number of carbonyl (C=O) groups excluding carboxylic acids is 11. The van der Waals surface area contributed by atoms with E-state index in [1.165, 1.54) is 39.5 Å². The Morgan fingerprint density at radius 2 is 1.12 bits per heavy atom. The minimum atomic E-state index is -1.69. The summed E-state index contributed by atoms with van der Waals surface area (Å²) in [6.07, 6.45) is 6.40. The van der Waals surface area contributed by atoms with Crippen molar-refractivity contribution in [1.29, 1.82) is 0 Å². The van der Waals surface area contributed by atoms with E-state index in [0.717, 1.165) is 32.1 Å². The van der Waals surface area contributed by atoms with Crippen LogP contribution in [0.4, 0.5) is 0 Å². The number of ketones is 1. The highest BCUT2D eigenvalue weighted by Crippen LogP contribution is 2.22. The van der Waals surface area contributed by atoms with E-state index >= 15 is 0 Å². The quantitative estimate of drug-likeness (QED) is 0.0391. The van der Waals surface area contributed by atoms with Gasteiger partial charge in [-0.2, -0.15) is 0 Å². The van der Waals surface area contributed by atoms with Crippen LogP contribution in [-0.4, -0.2) is 172 Å². The standard InChI is InChI=1S/C62H113N11O13/c1-16-19-20-21-24-40(8)34-49(56(82)67-47(32-39(6)7)57(83)72-62(14,15)60(86)69-46(31-38(4)5)54(80)64-27-26-51(77)65-42(10)37-63-28-30-74)70-59(85)61(12,13)71-53(79)43(11)66-55(81)48(35-41(9)33-45(76)36-44(75)18-3)68-58(84)50-25-22-29-73(50)52(78)23-17-2/h38-43,45-50,63,74,76H,16-37H2,1-15H3,(H,64,80)(H,65,77)(H,66,81)(H,67,82)(H,68,84)(H,69,86)(H,70,85)(H,71,79)(H,72,83). The molecule has 24 heteroatoms. The molecule has 0 aromatic carbocycles. The molecule has 10 amide bonds. The molecule has 10 unspecified atom stereocenters. The van der Waals surface area contributed by atoms with Gasteiger partial charge in [0.05, 0.1) is 12.7 Å². The lowest BCUT2D eigenvalue weighted by Gasteiger charge is -2.32. The van der Waals surface area contributed by atoms with Crippen molar-refractivity contribution in [2.45, 2.75) is 272 Å². The monoisotopic (exact) mass is 1220 g/mol. The van der Waals surface area contributed by atoms with Gasteiger partial charge in [-0.25, -0.2) is 0 Å². The molecule has 24 nitrogen and oxygen atoms in total. The van der Waals surface area contributed by atoms with Crippen molar-refractivity contribution in [1.82, 2.24) is 58.1 Å². The number of hydrogen-bond acceptors (Lipinski definition) is 14. The Kier molecular flexibility index (Phi) is 36.3. The number of Topliss-reactive ketones (excluding diaryl/α,β-unsaturated/α-hetero) is 1. The molecule has 1 aliphatic rings. The number of amides is 10. The summed E-state index contributed by atoms with van der Waals surface area (Å²) < 4.78 is 0. The summed E-state index contributed by atoms with van der Waals surface area (Å²) in [6.45, 7) is 27.1. The van der Waals surface area contributed by atoms with Crippen LogP contribution in [0.5, 0.6) is 0 Å². The molecule has 0 aliphatic carbocycles. The van der Waals surface area contributed by atoms with Crippen LogP contribution in [0.1, 0.15) is 213 Å². The molecule has 1 rings (SSSR count). The van der Waals surface area contributed by atoms with Crippen LogP contribution in [0.3, 0.4) is 0 Å². The minimum absolute atomic E-state index is 0.00177. The fourth-order valence-electron chi connectivity index (χ4n) is 10.2. The second-order valence-corrected chi connectivity index (χ2v) is 25.8. The zero-order chi connectivity index (χ0) is 65.5. The predicted molar refractivity (Wildman–Crippen MR) is 330 cm³/mol. The van der Waals surface area contributed by atoms with Gasteiger partial charge in [-0.05, 0) is 117 Å². The summed E-state index contributed by atoms with van der Waals surface area (Å²) in [5.74, 6) is -6.55. The fraction of sp³-hybridized carbons (Fsp3) is 0.823. The van der Waals surface area contributed by atoms with Gasteiger partial charge >= 0.3 is 0 Å². The summed E-state index contributed by atoms with van der Waals surface area (Å²) in [5, 5.41) is 47.5. The topological polar surface area (TPSA) is 352 Å². The highest BCUT2D eigenvalue weighted by molar-refractivity contribution is 5.99. The predicted octanol–water partition coefficient (Wildman–Crippen LogP) is 2.84. The number of rotatable bonds is 43. The summed E-state index contributed by atoms with van der Waals surface area (Å²) in [6, 6.07) is -6.90. The van der Waals surface area contributed by atoms with E-state index in [2.05, 4.69) is 60.1 Å². The van der Waals surface area contributed by atoms with Gasteiger partial charge in [-0.1, -0.05) is 94.4 Å². The Hall–Kier alpha value is -5.75. The van der Waals surface area contributed by atoms with Crippen LogP contribution in [0.25, 0.3) is 0 Å². The molecule has 1 heterocycles. The maximum absolute atomic E-state index is 14.5. The Balaban J connectivity index is 3.37. The van der Waals surface area contributed by atoms with Crippen LogP contribution in [0, 0.1) is 23.7 Å². The van der Waals surface area contributed by atoms with Gasteiger partial charge in [0.1, 0.15) is 53.1 Å². The first-order valence-corrected chi connectivity index (χ1v) is 31.8. The molecule has 0 bridgehead atoms. The molecule has 1 fully saturated rings. The van der Waals surface area contributed by atoms with Gasteiger partial charge in [0.2, 0.25) is 59.1 Å². The summed E-state index contributed by atoms with van der Waals surface area (Å²) in [4.78, 5) is 152. The average molecular weight is 1220 g/mol. The Labute approximate surface area is 513 Å². The smallest absolute Gasteiger partial charge is 0.245 e.